The van der Waals surface area contributed by atoms with E-state index in [1.807, 2.05) is 36.4 Å². The van der Waals surface area contributed by atoms with Crippen molar-refractivity contribution in [3.63, 3.8) is 0 Å². The van der Waals surface area contributed by atoms with Crippen molar-refractivity contribution in [1.29, 1.82) is 0 Å². The van der Waals surface area contributed by atoms with E-state index in [-0.39, 0.29) is 30.8 Å². The van der Waals surface area contributed by atoms with Gasteiger partial charge in [-0.3, -0.25) is 4.79 Å². The van der Waals surface area contributed by atoms with Crippen LogP contribution in [0.1, 0.15) is 32.7 Å². The molecule has 0 bridgehead atoms. The third kappa shape index (κ3) is 10.0. The number of rotatable bonds is 15. The van der Waals surface area contributed by atoms with E-state index in [4.69, 9.17) is 18.9 Å². The van der Waals surface area contributed by atoms with Gasteiger partial charge < -0.3 is 39.6 Å². The minimum Gasteiger partial charge on any atom is -0.459 e. The van der Waals surface area contributed by atoms with Crippen LogP contribution < -0.4 is 5.32 Å². The molecule has 262 valence electrons. The SMILES string of the molecule is O=C(COCc1ccccc1)N[C@H]1[C@H]([C@H](O)[C@H](O)COC(=O)c2ccccc2)OC(CO)(Sc2ccccc2)C[C@@H]1OC(=O)c1ccccc1. The van der Waals surface area contributed by atoms with Crippen molar-refractivity contribution in [2.45, 2.75) is 53.3 Å². The first-order chi connectivity index (χ1) is 24.3. The molecule has 5 rings (SSSR count). The quantitative estimate of drug-likeness (QED) is 0.134. The molecule has 4 aromatic carbocycles. The number of carbonyl (C=O) groups is 3. The predicted molar refractivity (Wildman–Crippen MR) is 184 cm³/mol. The van der Waals surface area contributed by atoms with Crippen molar-refractivity contribution in [2.75, 3.05) is 19.8 Å². The van der Waals surface area contributed by atoms with Gasteiger partial charge in [0.05, 0.1) is 30.4 Å². The maximum Gasteiger partial charge on any atom is 0.338 e. The van der Waals surface area contributed by atoms with Crippen LogP contribution in [-0.2, 0) is 30.3 Å². The fourth-order valence-electron chi connectivity index (χ4n) is 5.47. The normalized spacial score (nSPS) is 21.4. The Morgan fingerprint density at radius 2 is 1.38 bits per heavy atom. The van der Waals surface area contributed by atoms with Gasteiger partial charge in [-0.1, -0.05) is 96.7 Å². The standard InChI is InChI=1S/C38H39NO10S/c40-25-38(50-29-19-11-4-12-20-29)21-31(48-37(45)28-17-9-3-10-18-28)33(39-32(42)24-46-22-26-13-5-1-6-14-26)35(49-38)34(43)30(41)23-47-36(44)27-15-7-2-8-16-27/h1-20,30-31,33-35,40-41,43H,21-25H2,(H,39,42)/t30-,31+,33-,34-,35-,38?/m1/s1. The van der Waals surface area contributed by atoms with Crippen LogP contribution in [0.5, 0.6) is 0 Å². The van der Waals surface area contributed by atoms with Crippen LogP contribution in [0.3, 0.4) is 0 Å². The van der Waals surface area contributed by atoms with Crippen molar-refractivity contribution < 1.29 is 48.7 Å². The van der Waals surface area contributed by atoms with E-state index >= 15 is 0 Å². The highest BCUT2D eigenvalue weighted by atomic mass is 32.2. The molecule has 50 heavy (non-hydrogen) atoms. The van der Waals surface area contributed by atoms with E-state index in [2.05, 4.69) is 5.32 Å². The molecule has 1 saturated heterocycles. The fraction of sp³-hybridized carbons (Fsp3) is 0.289. The number of carbonyl (C=O) groups excluding carboxylic acids is 3. The second-order valence-electron chi connectivity index (χ2n) is 11.7. The smallest absolute Gasteiger partial charge is 0.338 e. The maximum atomic E-state index is 13.4. The summed E-state index contributed by atoms with van der Waals surface area (Å²) < 4.78 is 23.3. The Bertz CT molecular complexity index is 1660. The van der Waals surface area contributed by atoms with Gasteiger partial charge in [-0.2, -0.15) is 0 Å². The second-order valence-corrected chi connectivity index (χ2v) is 13.1. The van der Waals surface area contributed by atoms with Gasteiger partial charge in [0.15, 0.2) is 0 Å². The molecular weight excluding hydrogens is 662 g/mol. The Hall–Kier alpha value is -4.56. The number of hydrogen-bond donors (Lipinski definition) is 4. The maximum absolute atomic E-state index is 13.4. The molecular formula is C38H39NO10S. The molecule has 4 N–H and O–H groups in total. The lowest BCUT2D eigenvalue weighted by atomic mass is 9.89. The summed E-state index contributed by atoms with van der Waals surface area (Å²) in [4.78, 5) is 38.6. The lowest BCUT2D eigenvalue weighted by Crippen LogP contribution is -2.66. The number of aliphatic hydroxyl groups excluding tert-OH is 3. The molecule has 0 spiro atoms. The fourth-order valence-corrected chi connectivity index (χ4v) is 6.66. The van der Waals surface area contributed by atoms with Gasteiger partial charge in [-0.25, -0.2) is 9.59 Å². The zero-order valence-corrected chi connectivity index (χ0v) is 27.9. The Labute approximate surface area is 294 Å². The van der Waals surface area contributed by atoms with E-state index in [1.54, 1.807) is 84.9 Å². The van der Waals surface area contributed by atoms with Crippen molar-refractivity contribution in [3.05, 3.63) is 138 Å². The minimum absolute atomic E-state index is 0.111. The average Bonchev–Trinajstić information content (AvgIpc) is 3.15. The molecule has 0 aliphatic carbocycles. The van der Waals surface area contributed by atoms with Gasteiger partial charge in [0.1, 0.15) is 42.6 Å². The predicted octanol–water partition coefficient (Wildman–Crippen LogP) is 3.76. The van der Waals surface area contributed by atoms with E-state index < -0.39 is 66.5 Å². The molecule has 1 heterocycles. The van der Waals surface area contributed by atoms with Crippen LogP contribution in [0.2, 0.25) is 0 Å². The van der Waals surface area contributed by atoms with Gasteiger partial charge in [-0.15, -0.1) is 0 Å². The molecule has 11 nitrogen and oxygen atoms in total. The first kappa shape index (κ1) is 36.7. The zero-order valence-electron chi connectivity index (χ0n) is 27.1. The molecule has 1 unspecified atom stereocenters. The lowest BCUT2D eigenvalue weighted by molar-refractivity contribution is -0.200. The molecule has 6 atom stereocenters. The highest BCUT2D eigenvalue weighted by Gasteiger charge is 2.53. The summed E-state index contributed by atoms with van der Waals surface area (Å²) in [6, 6.07) is 33.4. The topological polar surface area (TPSA) is 161 Å². The molecule has 0 radical (unpaired) electrons. The Morgan fingerprint density at radius 1 is 0.820 bits per heavy atom. The second kappa shape index (κ2) is 17.9. The summed E-state index contributed by atoms with van der Waals surface area (Å²) in [5.74, 6) is -2.04. The summed E-state index contributed by atoms with van der Waals surface area (Å²) in [7, 11) is 0. The van der Waals surface area contributed by atoms with Crippen molar-refractivity contribution in [1.82, 2.24) is 5.32 Å². The lowest BCUT2D eigenvalue weighted by Gasteiger charge is -2.49. The number of aliphatic hydroxyl groups is 3. The minimum atomic E-state index is -1.80. The molecule has 0 saturated carbocycles. The summed E-state index contributed by atoms with van der Waals surface area (Å²) in [6.07, 6.45) is -6.25. The van der Waals surface area contributed by atoms with E-state index in [9.17, 15) is 29.7 Å². The van der Waals surface area contributed by atoms with Gasteiger partial charge in [0, 0.05) is 11.3 Å². The third-order valence-electron chi connectivity index (χ3n) is 7.97. The van der Waals surface area contributed by atoms with Crippen LogP contribution in [0, 0.1) is 0 Å². The van der Waals surface area contributed by atoms with Gasteiger partial charge in [0.2, 0.25) is 5.91 Å². The van der Waals surface area contributed by atoms with Crippen LogP contribution in [0.15, 0.2) is 126 Å². The number of benzene rings is 4. The third-order valence-corrected chi connectivity index (χ3v) is 9.24. The Kier molecular flexibility index (Phi) is 13.1. The van der Waals surface area contributed by atoms with Crippen LogP contribution >= 0.6 is 11.8 Å². The summed E-state index contributed by atoms with van der Waals surface area (Å²) in [5.41, 5.74) is 1.34. The highest BCUT2D eigenvalue weighted by Crippen LogP contribution is 2.44. The summed E-state index contributed by atoms with van der Waals surface area (Å²) >= 11 is 1.14. The molecule has 1 aliphatic heterocycles. The van der Waals surface area contributed by atoms with Gasteiger partial charge >= 0.3 is 11.9 Å². The first-order valence-corrected chi connectivity index (χ1v) is 16.9. The van der Waals surface area contributed by atoms with E-state index in [0.29, 0.717) is 4.90 Å². The number of hydrogen-bond acceptors (Lipinski definition) is 11. The van der Waals surface area contributed by atoms with E-state index in [1.165, 1.54) is 0 Å². The number of ether oxygens (including phenoxy) is 4. The number of thioether (sulfide) groups is 1. The van der Waals surface area contributed by atoms with Crippen LogP contribution in [0.4, 0.5) is 0 Å². The largest absolute Gasteiger partial charge is 0.459 e. The summed E-state index contributed by atoms with van der Waals surface area (Å²) in [5, 5.41) is 36.3. The molecule has 4 aromatic rings. The molecule has 12 heteroatoms. The van der Waals surface area contributed by atoms with Crippen LogP contribution in [0.25, 0.3) is 0 Å². The molecule has 1 amide bonds. The highest BCUT2D eigenvalue weighted by molar-refractivity contribution is 8.00. The molecule has 1 aliphatic rings. The average molecular weight is 702 g/mol. The van der Waals surface area contributed by atoms with Gasteiger partial charge in [0.25, 0.3) is 0 Å². The number of esters is 2. The molecule has 1 fully saturated rings. The van der Waals surface area contributed by atoms with E-state index in [0.717, 1.165) is 17.3 Å². The van der Waals surface area contributed by atoms with Crippen molar-refractivity contribution in [2.24, 2.45) is 0 Å². The zero-order chi connectivity index (χ0) is 35.3. The van der Waals surface area contributed by atoms with Crippen LogP contribution in [-0.4, -0.2) is 88.4 Å². The van der Waals surface area contributed by atoms with Crippen molar-refractivity contribution in [3.8, 4) is 0 Å². The number of nitrogens with one attached hydrogen (secondary N) is 1. The van der Waals surface area contributed by atoms with Crippen molar-refractivity contribution >= 4 is 29.6 Å². The Morgan fingerprint density at radius 3 is 1.98 bits per heavy atom. The Balaban J connectivity index is 1.42. The monoisotopic (exact) mass is 701 g/mol. The molecule has 0 aromatic heterocycles. The number of amides is 1. The van der Waals surface area contributed by atoms with Gasteiger partial charge in [-0.05, 0) is 42.0 Å². The first-order valence-electron chi connectivity index (χ1n) is 16.0. The summed E-state index contributed by atoms with van der Waals surface area (Å²) in [6.45, 7) is -1.44.